The lowest BCUT2D eigenvalue weighted by Crippen LogP contribution is -2.30. The predicted molar refractivity (Wildman–Crippen MR) is 197 cm³/mol. The van der Waals surface area contributed by atoms with Gasteiger partial charge in [-0.2, -0.15) is 0 Å². The summed E-state index contributed by atoms with van der Waals surface area (Å²) in [6.07, 6.45) is 6.00. The van der Waals surface area contributed by atoms with Gasteiger partial charge < -0.3 is 9.47 Å². The SMILES string of the molecule is CC.CC.CCCCCCOC(=O)c1cc(C)ccc1F.CCCCN1C(=O)c2ccc(C)cc2C1=O.COC(=O)c1ccc(C)cc1C. The number of aryl methyl sites for hydroxylation is 4. The number of benzene rings is 3. The zero-order chi connectivity index (χ0) is 37.5. The van der Waals surface area contributed by atoms with Crippen LogP contribution in [0.1, 0.15) is 144 Å². The Kier molecular flexibility index (Phi) is 22.6. The number of halogens is 1. The van der Waals surface area contributed by atoms with Crippen molar-refractivity contribution in [3.8, 4) is 0 Å². The maximum Gasteiger partial charge on any atom is 0.341 e. The van der Waals surface area contributed by atoms with Gasteiger partial charge in [0.15, 0.2) is 0 Å². The van der Waals surface area contributed by atoms with Crippen molar-refractivity contribution >= 4 is 23.8 Å². The third kappa shape index (κ3) is 14.8. The number of methoxy groups -OCH3 is 1. The van der Waals surface area contributed by atoms with Gasteiger partial charge in [0.1, 0.15) is 5.82 Å². The topological polar surface area (TPSA) is 90.0 Å². The van der Waals surface area contributed by atoms with Crippen molar-refractivity contribution in [2.45, 2.75) is 108 Å². The molecule has 8 heteroatoms. The van der Waals surface area contributed by atoms with Gasteiger partial charge in [0.2, 0.25) is 0 Å². The highest BCUT2D eigenvalue weighted by Gasteiger charge is 2.34. The first-order chi connectivity index (χ1) is 23.4. The van der Waals surface area contributed by atoms with Gasteiger partial charge in [0.05, 0.1) is 36.0 Å². The molecule has 0 atom stereocenters. The normalized spacial score (nSPS) is 10.9. The van der Waals surface area contributed by atoms with E-state index in [1.54, 1.807) is 24.3 Å². The Morgan fingerprint density at radius 3 is 1.80 bits per heavy atom. The van der Waals surface area contributed by atoms with Crippen molar-refractivity contribution in [1.82, 2.24) is 4.90 Å². The van der Waals surface area contributed by atoms with Gasteiger partial charge in [0.25, 0.3) is 11.8 Å². The Balaban J connectivity index is 0.000000678. The van der Waals surface area contributed by atoms with Gasteiger partial charge in [-0.25, -0.2) is 14.0 Å². The molecular weight excluding hydrogens is 621 g/mol. The molecule has 0 radical (unpaired) electrons. The number of fused-ring (bicyclic) bond motifs is 1. The van der Waals surface area contributed by atoms with E-state index in [9.17, 15) is 23.6 Å². The molecule has 0 aliphatic carbocycles. The van der Waals surface area contributed by atoms with Crippen LogP contribution in [-0.2, 0) is 9.47 Å². The number of carbonyl (C=O) groups excluding carboxylic acids is 4. The minimum atomic E-state index is -0.567. The Morgan fingerprint density at radius 1 is 0.653 bits per heavy atom. The second-order valence-corrected chi connectivity index (χ2v) is 11.2. The van der Waals surface area contributed by atoms with Crippen LogP contribution in [0, 0.1) is 33.5 Å². The van der Waals surface area contributed by atoms with Crippen LogP contribution in [0.5, 0.6) is 0 Å². The molecule has 0 aromatic heterocycles. The van der Waals surface area contributed by atoms with E-state index in [1.807, 2.05) is 80.5 Å². The fraction of sp³-hybridized carbons (Fsp3) is 0.463. The summed E-state index contributed by atoms with van der Waals surface area (Å²) in [5.41, 5.74) is 5.75. The summed E-state index contributed by atoms with van der Waals surface area (Å²) in [4.78, 5) is 48.0. The summed E-state index contributed by atoms with van der Waals surface area (Å²) >= 11 is 0. The summed E-state index contributed by atoms with van der Waals surface area (Å²) < 4.78 is 23.0. The molecule has 0 saturated heterocycles. The lowest BCUT2D eigenvalue weighted by atomic mass is 10.1. The van der Waals surface area contributed by atoms with E-state index in [0.29, 0.717) is 29.8 Å². The number of esters is 2. The summed E-state index contributed by atoms with van der Waals surface area (Å²) in [5.74, 6) is -1.64. The lowest BCUT2D eigenvalue weighted by molar-refractivity contribution is 0.0491. The van der Waals surface area contributed by atoms with E-state index in [0.717, 1.165) is 60.8 Å². The molecule has 0 spiro atoms. The largest absolute Gasteiger partial charge is 0.465 e. The van der Waals surface area contributed by atoms with Crippen LogP contribution < -0.4 is 0 Å². The van der Waals surface area contributed by atoms with Gasteiger partial charge in [-0.05, 0) is 76.4 Å². The highest BCUT2D eigenvalue weighted by Crippen LogP contribution is 2.24. The monoisotopic (exact) mass is 679 g/mol. The first kappa shape index (κ1) is 44.7. The van der Waals surface area contributed by atoms with Crippen LogP contribution >= 0.6 is 0 Å². The van der Waals surface area contributed by atoms with Gasteiger partial charge in [-0.1, -0.05) is 108 Å². The van der Waals surface area contributed by atoms with E-state index in [2.05, 4.69) is 11.7 Å². The van der Waals surface area contributed by atoms with Crippen LogP contribution in [0.3, 0.4) is 0 Å². The maximum atomic E-state index is 13.3. The second kappa shape index (κ2) is 24.8. The van der Waals surface area contributed by atoms with Crippen molar-refractivity contribution < 1.29 is 33.0 Å². The molecule has 0 unspecified atom stereocenters. The van der Waals surface area contributed by atoms with Gasteiger partial charge in [-0.3, -0.25) is 14.5 Å². The zero-order valence-electron chi connectivity index (χ0n) is 31.6. The number of hydrogen-bond donors (Lipinski definition) is 0. The maximum absolute atomic E-state index is 13.3. The molecule has 1 heterocycles. The fourth-order valence-corrected chi connectivity index (χ4v) is 4.64. The van der Waals surface area contributed by atoms with Gasteiger partial charge >= 0.3 is 11.9 Å². The van der Waals surface area contributed by atoms with Crippen molar-refractivity contribution in [1.29, 1.82) is 0 Å². The molecule has 0 fully saturated rings. The molecule has 2 amide bonds. The molecule has 270 valence electrons. The molecule has 3 aromatic carbocycles. The molecule has 0 N–H and O–H groups in total. The van der Waals surface area contributed by atoms with Crippen LogP contribution in [0.15, 0.2) is 54.6 Å². The Labute approximate surface area is 294 Å². The molecular formula is C41H58FNO6. The quantitative estimate of drug-likeness (QED) is 0.120. The van der Waals surface area contributed by atoms with Gasteiger partial charge in [0, 0.05) is 6.54 Å². The van der Waals surface area contributed by atoms with E-state index < -0.39 is 11.8 Å². The molecule has 3 aromatic rings. The second-order valence-electron chi connectivity index (χ2n) is 11.2. The number of nitrogens with zero attached hydrogens (tertiary/aromatic N) is 1. The molecule has 1 aliphatic heterocycles. The Bertz CT molecular complexity index is 1480. The smallest absolute Gasteiger partial charge is 0.341 e. The molecule has 0 bridgehead atoms. The van der Waals surface area contributed by atoms with Crippen LogP contribution in [-0.4, -0.2) is 48.9 Å². The first-order valence-corrected chi connectivity index (χ1v) is 17.5. The highest BCUT2D eigenvalue weighted by atomic mass is 19.1. The van der Waals surface area contributed by atoms with E-state index >= 15 is 0 Å². The number of amides is 2. The average molecular weight is 680 g/mol. The first-order valence-electron chi connectivity index (χ1n) is 17.5. The molecule has 7 nitrogen and oxygen atoms in total. The van der Waals surface area contributed by atoms with E-state index in [4.69, 9.17) is 4.74 Å². The summed E-state index contributed by atoms with van der Waals surface area (Å²) in [6, 6.07) is 15.5. The van der Waals surface area contributed by atoms with Crippen molar-refractivity contribution in [2.75, 3.05) is 20.3 Å². The minimum Gasteiger partial charge on any atom is -0.465 e. The Morgan fingerprint density at radius 2 is 1.20 bits per heavy atom. The number of ether oxygens (including phenoxy) is 2. The summed E-state index contributed by atoms with van der Waals surface area (Å²) in [6.45, 7) is 20.7. The van der Waals surface area contributed by atoms with Crippen LogP contribution in [0.4, 0.5) is 4.39 Å². The van der Waals surface area contributed by atoms with Crippen molar-refractivity contribution in [3.63, 3.8) is 0 Å². The predicted octanol–water partition coefficient (Wildman–Crippen LogP) is 10.4. The third-order valence-corrected chi connectivity index (χ3v) is 7.22. The van der Waals surface area contributed by atoms with E-state index in [1.165, 1.54) is 24.1 Å². The molecule has 4 rings (SSSR count). The number of carbonyl (C=O) groups is 4. The average Bonchev–Trinajstić information content (AvgIpc) is 3.34. The number of hydrogen-bond acceptors (Lipinski definition) is 6. The lowest BCUT2D eigenvalue weighted by Gasteiger charge is -2.12. The highest BCUT2D eigenvalue weighted by molar-refractivity contribution is 6.21. The van der Waals surface area contributed by atoms with Crippen molar-refractivity contribution in [3.05, 3.63) is 105 Å². The molecule has 0 saturated carbocycles. The number of unbranched alkanes of at least 4 members (excludes halogenated alkanes) is 4. The van der Waals surface area contributed by atoms with Crippen molar-refractivity contribution in [2.24, 2.45) is 0 Å². The molecule has 49 heavy (non-hydrogen) atoms. The van der Waals surface area contributed by atoms with Gasteiger partial charge in [-0.15, -0.1) is 0 Å². The molecule has 1 aliphatic rings. The third-order valence-electron chi connectivity index (χ3n) is 7.22. The summed E-state index contributed by atoms with van der Waals surface area (Å²) in [7, 11) is 1.39. The standard InChI is InChI=1S/C14H19FO2.C13H15NO2.C10H12O2.2C2H6/c1-3-4-5-6-9-17-14(16)12-10-11(2)7-8-13(12)15;1-3-4-7-14-12(15)10-6-5-9(2)8-11(10)13(14)16;1-7-4-5-9(8(2)6-7)10(11)12-3;2*1-2/h7-8,10H,3-6,9H2,1-2H3;5-6,8H,3-4,7H2,1-2H3;4-6H,1-3H3;2*1-2H3. The van der Waals surface area contributed by atoms with E-state index in [-0.39, 0.29) is 23.3 Å². The fourth-order valence-electron chi connectivity index (χ4n) is 4.64. The summed E-state index contributed by atoms with van der Waals surface area (Å²) in [5, 5.41) is 0. The zero-order valence-corrected chi connectivity index (χ0v) is 31.6. The van der Waals surface area contributed by atoms with Crippen LogP contribution in [0.25, 0.3) is 0 Å². The Hall–Kier alpha value is -4.33. The van der Waals surface area contributed by atoms with Crippen LogP contribution in [0.2, 0.25) is 0 Å². The number of rotatable bonds is 10. The minimum absolute atomic E-state index is 0.0282. The number of imide groups is 1.